The van der Waals surface area contributed by atoms with Gasteiger partial charge in [0.15, 0.2) is 0 Å². The SMILES string of the molecule is C/C=C/CCNCC(C)CCC. The Labute approximate surface area is 77.2 Å². The van der Waals surface area contributed by atoms with Crippen LogP contribution in [0.4, 0.5) is 0 Å². The van der Waals surface area contributed by atoms with Crippen molar-refractivity contribution in [2.45, 2.75) is 40.0 Å². The van der Waals surface area contributed by atoms with Crippen LogP contribution in [-0.2, 0) is 0 Å². The summed E-state index contributed by atoms with van der Waals surface area (Å²) >= 11 is 0. The molecule has 1 unspecified atom stereocenters. The van der Waals surface area contributed by atoms with Crippen LogP contribution in [0.5, 0.6) is 0 Å². The molecule has 0 aromatic rings. The molecule has 0 rings (SSSR count). The highest BCUT2D eigenvalue weighted by Crippen LogP contribution is 2.02. The van der Waals surface area contributed by atoms with Crippen molar-refractivity contribution < 1.29 is 0 Å². The molecule has 0 fully saturated rings. The Bertz CT molecular complexity index is 108. The Balaban J connectivity index is 3.08. The average molecular weight is 169 g/mol. The molecule has 1 atom stereocenters. The largest absolute Gasteiger partial charge is 0.316 e. The van der Waals surface area contributed by atoms with E-state index >= 15 is 0 Å². The first kappa shape index (κ1) is 11.7. The van der Waals surface area contributed by atoms with E-state index in [1.54, 1.807) is 0 Å². The van der Waals surface area contributed by atoms with E-state index in [1.807, 2.05) is 0 Å². The molecule has 0 amide bonds. The minimum atomic E-state index is 0.834. The van der Waals surface area contributed by atoms with Gasteiger partial charge in [0, 0.05) is 0 Å². The van der Waals surface area contributed by atoms with E-state index in [2.05, 4.69) is 38.2 Å². The summed E-state index contributed by atoms with van der Waals surface area (Å²) in [5, 5.41) is 3.45. The molecule has 0 heterocycles. The molecule has 0 aromatic heterocycles. The standard InChI is InChI=1S/C11H23N/c1-4-6-7-9-12-10-11(3)8-5-2/h4,6,11-12H,5,7-10H2,1-3H3/b6-4+. The van der Waals surface area contributed by atoms with Gasteiger partial charge in [-0.15, -0.1) is 0 Å². The maximum absolute atomic E-state index is 3.45. The van der Waals surface area contributed by atoms with Crippen molar-refractivity contribution in [1.82, 2.24) is 5.32 Å². The Morgan fingerprint density at radius 1 is 1.42 bits per heavy atom. The molecule has 0 aliphatic carbocycles. The van der Waals surface area contributed by atoms with Crippen molar-refractivity contribution in [2.24, 2.45) is 5.92 Å². The second kappa shape index (κ2) is 8.79. The minimum absolute atomic E-state index is 0.834. The summed E-state index contributed by atoms with van der Waals surface area (Å²) < 4.78 is 0. The average Bonchev–Trinajstić information content (AvgIpc) is 2.05. The van der Waals surface area contributed by atoms with Crippen LogP contribution in [0.15, 0.2) is 12.2 Å². The highest BCUT2D eigenvalue weighted by Gasteiger charge is 1.97. The third kappa shape index (κ3) is 7.80. The zero-order valence-electron chi connectivity index (χ0n) is 8.77. The monoisotopic (exact) mass is 169 g/mol. The van der Waals surface area contributed by atoms with Crippen LogP contribution in [0.2, 0.25) is 0 Å². The number of rotatable bonds is 7. The highest BCUT2D eigenvalue weighted by molar-refractivity contribution is 4.77. The van der Waals surface area contributed by atoms with Crippen LogP contribution in [0, 0.1) is 5.92 Å². The third-order valence-corrected chi connectivity index (χ3v) is 2.00. The van der Waals surface area contributed by atoms with Crippen LogP contribution in [0.1, 0.15) is 40.0 Å². The summed E-state index contributed by atoms with van der Waals surface area (Å²) in [6.07, 6.45) is 8.12. The predicted octanol–water partition coefficient (Wildman–Crippen LogP) is 2.98. The van der Waals surface area contributed by atoms with Gasteiger partial charge >= 0.3 is 0 Å². The number of allylic oxidation sites excluding steroid dienone is 1. The van der Waals surface area contributed by atoms with Gasteiger partial charge in [-0.3, -0.25) is 0 Å². The molecule has 0 spiro atoms. The number of hydrogen-bond acceptors (Lipinski definition) is 1. The first-order chi connectivity index (χ1) is 5.81. The van der Waals surface area contributed by atoms with Crippen molar-refractivity contribution in [2.75, 3.05) is 13.1 Å². The van der Waals surface area contributed by atoms with E-state index in [1.165, 1.54) is 19.4 Å². The summed E-state index contributed by atoms with van der Waals surface area (Å²) in [6.45, 7) is 8.92. The quantitative estimate of drug-likeness (QED) is 0.456. The van der Waals surface area contributed by atoms with Crippen LogP contribution in [-0.4, -0.2) is 13.1 Å². The molecular formula is C11H23N. The molecule has 0 saturated heterocycles. The molecule has 0 aromatic carbocycles. The van der Waals surface area contributed by atoms with E-state index < -0.39 is 0 Å². The zero-order chi connectivity index (χ0) is 9.23. The predicted molar refractivity (Wildman–Crippen MR) is 56.4 cm³/mol. The van der Waals surface area contributed by atoms with Gasteiger partial charge in [-0.1, -0.05) is 32.4 Å². The van der Waals surface area contributed by atoms with Gasteiger partial charge in [0.25, 0.3) is 0 Å². The van der Waals surface area contributed by atoms with E-state index in [9.17, 15) is 0 Å². The molecule has 1 heteroatoms. The number of hydrogen-bond donors (Lipinski definition) is 1. The van der Waals surface area contributed by atoms with Gasteiger partial charge in [0.2, 0.25) is 0 Å². The molecule has 1 N–H and O–H groups in total. The first-order valence-corrected chi connectivity index (χ1v) is 5.13. The lowest BCUT2D eigenvalue weighted by atomic mass is 10.1. The van der Waals surface area contributed by atoms with Crippen LogP contribution < -0.4 is 5.32 Å². The lowest BCUT2D eigenvalue weighted by Gasteiger charge is -2.10. The summed E-state index contributed by atoms with van der Waals surface area (Å²) in [4.78, 5) is 0. The molecular weight excluding hydrogens is 146 g/mol. The molecule has 12 heavy (non-hydrogen) atoms. The molecule has 0 saturated carbocycles. The molecule has 72 valence electrons. The van der Waals surface area contributed by atoms with Crippen LogP contribution >= 0.6 is 0 Å². The van der Waals surface area contributed by atoms with Gasteiger partial charge in [-0.25, -0.2) is 0 Å². The molecule has 0 aliphatic heterocycles. The third-order valence-electron chi connectivity index (χ3n) is 2.00. The summed E-state index contributed by atoms with van der Waals surface area (Å²) in [5.74, 6) is 0.834. The van der Waals surface area contributed by atoms with Crippen molar-refractivity contribution >= 4 is 0 Å². The minimum Gasteiger partial charge on any atom is -0.316 e. The lowest BCUT2D eigenvalue weighted by molar-refractivity contribution is 0.479. The normalized spacial score (nSPS) is 13.9. The van der Waals surface area contributed by atoms with Gasteiger partial charge in [0.05, 0.1) is 0 Å². The van der Waals surface area contributed by atoms with Crippen LogP contribution in [0.25, 0.3) is 0 Å². The molecule has 0 radical (unpaired) electrons. The summed E-state index contributed by atoms with van der Waals surface area (Å²) in [7, 11) is 0. The van der Waals surface area contributed by atoms with Crippen molar-refractivity contribution in [1.29, 1.82) is 0 Å². The smallest absolute Gasteiger partial charge is 0.00142 e. The summed E-state index contributed by atoms with van der Waals surface area (Å²) in [6, 6.07) is 0. The maximum atomic E-state index is 3.45. The second-order valence-electron chi connectivity index (χ2n) is 3.46. The number of nitrogens with one attached hydrogen (secondary N) is 1. The second-order valence-corrected chi connectivity index (χ2v) is 3.46. The fourth-order valence-corrected chi connectivity index (χ4v) is 1.30. The Hall–Kier alpha value is -0.300. The van der Waals surface area contributed by atoms with E-state index in [4.69, 9.17) is 0 Å². The van der Waals surface area contributed by atoms with Gasteiger partial charge < -0.3 is 5.32 Å². The Kier molecular flexibility index (Phi) is 8.57. The fraction of sp³-hybridized carbons (Fsp3) is 0.818. The fourth-order valence-electron chi connectivity index (χ4n) is 1.30. The van der Waals surface area contributed by atoms with Gasteiger partial charge in [-0.2, -0.15) is 0 Å². The molecule has 0 bridgehead atoms. The zero-order valence-corrected chi connectivity index (χ0v) is 8.77. The first-order valence-electron chi connectivity index (χ1n) is 5.13. The lowest BCUT2D eigenvalue weighted by Crippen LogP contribution is -2.21. The Morgan fingerprint density at radius 3 is 2.75 bits per heavy atom. The van der Waals surface area contributed by atoms with E-state index in [0.717, 1.165) is 18.9 Å². The highest BCUT2D eigenvalue weighted by atomic mass is 14.8. The van der Waals surface area contributed by atoms with E-state index in [0.29, 0.717) is 0 Å². The van der Waals surface area contributed by atoms with E-state index in [-0.39, 0.29) is 0 Å². The van der Waals surface area contributed by atoms with Gasteiger partial charge in [-0.05, 0) is 38.8 Å². The Morgan fingerprint density at radius 2 is 2.17 bits per heavy atom. The van der Waals surface area contributed by atoms with Crippen molar-refractivity contribution in [3.8, 4) is 0 Å². The van der Waals surface area contributed by atoms with Crippen molar-refractivity contribution in [3.63, 3.8) is 0 Å². The molecule has 1 nitrogen and oxygen atoms in total. The van der Waals surface area contributed by atoms with Crippen LogP contribution in [0.3, 0.4) is 0 Å². The van der Waals surface area contributed by atoms with Crippen molar-refractivity contribution in [3.05, 3.63) is 12.2 Å². The maximum Gasteiger partial charge on any atom is -0.00142 e. The molecule has 0 aliphatic rings. The summed E-state index contributed by atoms with van der Waals surface area (Å²) in [5.41, 5.74) is 0. The topological polar surface area (TPSA) is 12.0 Å². The van der Waals surface area contributed by atoms with Gasteiger partial charge in [0.1, 0.15) is 0 Å².